The maximum absolute atomic E-state index is 12.2. The van der Waals surface area contributed by atoms with E-state index in [1.54, 1.807) is 7.11 Å². The second-order valence-electron chi connectivity index (χ2n) is 5.59. The number of carbonyl (C=O) groups is 1. The molecule has 1 saturated carbocycles. The molecule has 0 spiro atoms. The van der Waals surface area contributed by atoms with Crippen LogP contribution in [-0.4, -0.2) is 55.9 Å². The Bertz CT molecular complexity index is 292. The predicted octanol–water partition coefficient (Wildman–Crippen LogP) is 1.01. The highest BCUT2D eigenvalue weighted by molar-refractivity contribution is 5.82. The lowest BCUT2D eigenvalue weighted by atomic mass is 9.93. The second-order valence-corrected chi connectivity index (χ2v) is 5.59. The fourth-order valence-corrected chi connectivity index (χ4v) is 2.29. The third kappa shape index (κ3) is 4.44. The Morgan fingerprint density at radius 3 is 2.53 bits per heavy atom. The van der Waals surface area contributed by atoms with Crippen molar-refractivity contribution in [2.75, 3.05) is 33.4 Å². The van der Waals surface area contributed by atoms with E-state index >= 15 is 0 Å². The Labute approximate surface area is 116 Å². The molecule has 0 aromatic rings. The van der Waals surface area contributed by atoms with Crippen LogP contribution in [0.15, 0.2) is 0 Å². The molecule has 1 unspecified atom stereocenters. The van der Waals surface area contributed by atoms with Crippen LogP contribution in [0.5, 0.6) is 0 Å². The molecule has 5 heteroatoms. The van der Waals surface area contributed by atoms with Gasteiger partial charge >= 0.3 is 5.97 Å². The summed E-state index contributed by atoms with van der Waals surface area (Å²) in [6.07, 6.45) is 2.04. The summed E-state index contributed by atoms with van der Waals surface area (Å²) in [5, 5.41) is 0. The number of rotatable bonds is 9. The summed E-state index contributed by atoms with van der Waals surface area (Å²) in [5.41, 5.74) is 5.52. The summed E-state index contributed by atoms with van der Waals surface area (Å²) in [7, 11) is 1.68. The van der Waals surface area contributed by atoms with Gasteiger partial charge < -0.3 is 15.2 Å². The molecule has 1 aliphatic rings. The number of methoxy groups -OCH3 is 1. The van der Waals surface area contributed by atoms with Crippen molar-refractivity contribution in [2.45, 2.75) is 45.2 Å². The van der Waals surface area contributed by atoms with Crippen molar-refractivity contribution in [3.8, 4) is 0 Å². The maximum Gasteiger partial charge on any atom is 0.327 e. The number of ether oxygens (including phenoxy) is 2. The van der Waals surface area contributed by atoms with Crippen molar-refractivity contribution in [1.29, 1.82) is 0 Å². The number of esters is 1. The van der Waals surface area contributed by atoms with Crippen molar-refractivity contribution in [2.24, 2.45) is 11.7 Å². The second kappa shape index (κ2) is 7.22. The minimum absolute atomic E-state index is 0.260. The highest BCUT2D eigenvalue weighted by Gasteiger charge is 2.50. The third-order valence-corrected chi connectivity index (χ3v) is 3.74. The van der Waals surface area contributed by atoms with Gasteiger partial charge in [-0.25, -0.2) is 4.79 Å². The molecule has 112 valence electrons. The number of carbonyl (C=O) groups excluding carboxylic acids is 1. The van der Waals surface area contributed by atoms with Gasteiger partial charge in [-0.05, 0) is 39.5 Å². The fraction of sp³-hybridized carbons (Fsp3) is 0.929. The van der Waals surface area contributed by atoms with Crippen LogP contribution in [0.25, 0.3) is 0 Å². The number of nitrogens with zero attached hydrogens (tertiary/aromatic N) is 1. The van der Waals surface area contributed by atoms with Crippen molar-refractivity contribution >= 4 is 5.97 Å². The van der Waals surface area contributed by atoms with Crippen molar-refractivity contribution in [1.82, 2.24) is 4.90 Å². The summed E-state index contributed by atoms with van der Waals surface area (Å²) in [4.78, 5) is 14.4. The van der Waals surface area contributed by atoms with Crippen LogP contribution >= 0.6 is 0 Å². The van der Waals surface area contributed by atoms with Crippen molar-refractivity contribution in [3.05, 3.63) is 0 Å². The minimum atomic E-state index is -0.867. The summed E-state index contributed by atoms with van der Waals surface area (Å²) in [6, 6.07) is 0.325. The molecule has 0 aromatic carbocycles. The van der Waals surface area contributed by atoms with Crippen LogP contribution in [0.4, 0.5) is 0 Å². The van der Waals surface area contributed by atoms with E-state index in [2.05, 4.69) is 18.7 Å². The molecule has 0 bridgehead atoms. The average molecular weight is 272 g/mol. The van der Waals surface area contributed by atoms with E-state index < -0.39 is 5.54 Å². The smallest absolute Gasteiger partial charge is 0.327 e. The van der Waals surface area contributed by atoms with Crippen LogP contribution in [0, 0.1) is 5.92 Å². The molecule has 19 heavy (non-hydrogen) atoms. The Morgan fingerprint density at radius 1 is 1.47 bits per heavy atom. The SMILES string of the molecule is CCOC(=O)C(N)(CN(CCOC)C(C)C)C1CC1. The Kier molecular flexibility index (Phi) is 6.23. The normalized spacial score (nSPS) is 18.7. The van der Waals surface area contributed by atoms with Gasteiger partial charge in [-0.3, -0.25) is 4.90 Å². The summed E-state index contributed by atoms with van der Waals surface area (Å²) in [5.74, 6) is -0.00379. The van der Waals surface area contributed by atoms with E-state index in [1.807, 2.05) is 6.92 Å². The molecule has 1 fully saturated rings. The van der Waals surface area contributed by atoms with E-state index in [-0.39, 0.29) is 11.9 Å². The van der Waals surface area contributed by atoms with E-state index in [1.165, 1.54) is 0 Å². The minimum Gasteiger partial charge on any atom is -0.465 e. The van der Waals surface area contributed by atoms with Gasteiger partial charge in [0.2, 0.25) is 0 Å². The monoisotopic (exact) mass is 272 g/mol. The van der Waals surface area contributed by atoms with Gasteiger partial charge in [0.15, 0.2) is 0 Å². The van der Waals surface area contributed by atoms with E-state index in [9.17, 15) is 4.79 Å². The van der Waals surface area contributed by atoms with Crippen molar-refractivity contribution in [3.63, 3.8) is 0 Å². The third-order valence-electron chi connectivity index (χ3n) is 3.74. The molecule has 1 aliphatic carbocycles. The van der Waals surface area contributed by atoms with Crippen LogP contribution in [0.1, 0.15) is 33.6 Å². The molecule has 0 heterocycles. The first-order valence-corrected chi connectivity index (χ1v) is 7.14. The Balaban J connectivity index is 2.71. The Morgan fingerprint density at radius 2 is 2.11 bits per heavy atom. The molecule has 0 radical (unpaired) electrons. The molecule has 0 aliphatic heterocycles. The first-order valence-electron chi connectivity index (χ1n) is 7.14. The first kappa shape index (κ1) is 16.4. The molecular weight excluding hydrogens is 244 g/mol. The Hall–Kier alpha value is -0.650. The molecular formula is C14H28N2O3. The maximum atomic E-state index is 12.2. The highest BCUT2D eigenvalue weighted by atomic mass is 16.5. The zero-order valence-electron chi connectivity index (χ0n) is 12.6. The van der Waals surface area contributed by atoms with Crippen LogP contribution in [-0.2, 0) is 14.3 Å². The number of hydrogen-bond donors (Lipinski definition) is 1. The van der Waals surface area contributed by atoms with Gasteiger partial charge in [-0.2, -0.15) is 0 Å². The first-order chi connectivity index (χ1) is 8.95. The lowest BCUT2D eigenvalue weighted by Gasteiger charge is -2.35. The van der Waals surface area contributed by atoms with Gasteiger partial charge in [0.25, 0.3) is 0 Å². The standard InChI is InChI=1S/C14H28N2O3/c1-5-19-13(17)14(15,12-6-7-12)10-16(11(2)3)8-9-18-4/h11-12H,5-10,15H2,1-4H3. The molecule has 5 nitrogen and oxygen atoms in total. The van der Waals surface area contributed by atoms with E-state index in [0.717, 1.165) is 19.4 Å². The molecule has 0 saturated heterocycles. The molecule has 1 rings (SSSR count). The van der Waals surface area contributed by atoms with Crippen molar-refractivity contribution < 1.29 is 14.3 Å². The molecule has 2 N–H and O–H groups in total. The highest BCUT2D eigenvalue weighted by Crippen LogP contribution is 2.39. The van der Waals surface area contributed by atoms with Gasteiger partial charge in [0.05, 0.1) is 13.2 Å². The van der Waals surface area contributed by atoms with E-state index in [4.69, 9.17) is 15.2 Å². The van der Waals surface area contributed by atoms with Gasteiger partial charge in [0, 0.05) is 26.2 Å². The van der Waals surface area contributed by atoms with Crippen LogP contribution in [0.3, 0.4) is 0 Å². The van der Waals surface area contributed by atoms with Crippen LogP contribution < -0.4 is 5.73 Å². The molecule has 0 amide bonds. The van der Waals surface area contributed by atoms with Gasteiger partial charge in [0.1, 0.15) is 5.54 Å². The zero-order chi connectivity index (χ0) is 14.5. The predicted molar refractivity (Wildman–Crippen MR) is 74.9 cm³/mol. The quantitative estimate of drug-likeness (QED) is 0.635. The van der Waals surface area contributed by atoms with Crippen LogP contribution in [0.2, 0.25) is 0 Å². The fourth-order valence-electron chi connectivity index (χ4n) is 2.29. The van der Waals surface area contributed by atoms with Gasteiger partial charge in [-0.15, -0.1) is 0 Å². The molecule has 0 aromatic heterocycles. The molecule has 1 atom stereocenters. The number of hydrogen-bond acceptors (Lipinski definition) is 5. The topological polar surface area (TPSA) is 64.8 Å². The average Bonchev–Trinajstić information content (AvgIpc) is 3.18. The summed E-state index contributed by atoms with van der Waals surface area (Å²) < 4.78 is 10.3. The number of nitrogens with two attached hydrogens (primary N) is 1. The van der Waals surface area contributed by atoms with Gasteiger partial charge in [-0.1, -0.05) is 0 Å². The lowest BCUT2D eigenvalue weighted by molar-refractivity contribution is -0.151. The summed E-state index contributed by atoms with van der Waals surface area (Å²) >= 11 is 0. The largest absolute Gasteiger partial charge is 0.465 e. The van der Waals surface area contributed by atoms with E-state index in [0.29, 0.717) is 25.8 Å². The lowest BCUT2D eigenvalue weighted by Crippen LogP contribution is -2.60. The zero-order valence-corrected chi connectivity index (χ0v) is 12.6. The summed E-state index contributed by atoms with van der Waals surface area (Å²) in [6.45, 7) is 8.36.